The summed E-state index contributed by atoms with van der Waals surface area (Å²) in [6.07, 6.45) is 1.43. The van der Waals surface area contributed by atoms with Gasteiger partial charge in [0.2, 0.25) is 5.91 Å². The molecule has 1 aromatic carbocycles. The Labute approximate surface area is 193 Å². The molecule has 0 aliphatic heterocycles. The van der Waals surface area contributed by atoms with Crippen molar-refractivity contribution < 1.29 is 23.2 Å². The number of rotatable bonds is 8. The second-order valence-electron chi connectivity index (χ2n) is 7.42. The van der Waals surface area contributed by atoms with Gasteiger partial charge >= 0.3 is 5.97 Å². The van der Waals surface area contributed by atoms with Crippen molar-refractivity contribution in [2.45, 2.75) is 19.5 Å². The number of carbonyl (C=O) groups is 2. The topological polar surface area (TPSA) is 97.6 Å². The standard InChI is InChI=1S/C23H21FN4O4S/c1-28(13-16-9-10-25-32-16)12-15-7-8-17-20(21(23(30)31-2)33-22(17)26-15)27-19(29)11-14-5-3-4-6-18(14)24/h3-10H,11-13H2,1-2H3,(H,27,29). The molecule has 0 aliphatic rings. The minimum Gasteiger partial charge on any atom is -0.465 e. The van der Waals surface area contributed by atoms with Crippen LogP contribution in [0.2, 0.25) is 0 Å². The normalized spacial score (nSPS) is 11.2. The van der Waals surface area contributed by atoms with Crippen LogP contribution in [-0.4, -0.2) is 41.1 Å². The maximum absolute atomic E-state index is 13.9. The smallest absolute Gasteiger partial charge is 0.350 e. The SMILES string of the molecule is COC(=O)c1sc2nc(CN(C)Cc3ccno3)ccc2c1NC(=O)Cc1ccccc1F. The van der Waals surface area contributed by atoms with Crippen molar-refractivity contribution in [3.63, 3.8) is 0 Å². The number of methoxy groups -OCH3 is 1. The minimum atomic E-state index is -0.580. The Kier molecular flexibility index (Phi) is 6.76. The van der Waals surface area contributed by atoms with Crippen LogP contribution in [-0.2, 0) is 29.0 Å². The molecule has 1 amide bonds. The van der Waals surface area contributed by atoms with E-state index in [0.29, 0.717) is 29.0 Å². The van der Waals surface area contributed by atoms with Crippen molar-refractivity contribution in [2.75, 3.05) is 19.5 Å². The molecule has 0 fully saturated rings. The molecule has 4 aromatic rings. The maximum Gasteiger partial charge on any atom is 0.350 e. The van der Waals surface area contributed by atoms with Gasteiger partial charge in [0, 0.05) is 18.0 Å². The molecule has 10 heteroatoms. The lowest BCUT2D eigenvalue weighted by atomic mass is 10.1. The number of carbonyl (C=O) groups excluding carboxylic acids is 2. The van der Waals surface area contributed by atoms with E-state index in [9.17, 15) is 14.0 Å². The number of ether oxygens (including phenoxy) is 1. The number of aromatic nitrogens is 2. The van der Waals surface area contributed by atoms with Gasteiger partial charge in [0.1, 0.15) is 15.5 Å². The molecule has 1 N–H and O–H groups in total. The lowest BCUT2D eigenvalue weighted by molar-refractivity contribution is -0.115. The molecular formula is C23H21FN4O4S. The Morgan fingerprint density at radius 2 is 2.00 bits per heavy atom. The third-order valence-corrected chi connectivity index (χ3v) is 5.99. The Balaban J connectivity index is 1.57. The molecule has 0 saturated heterocycles. The Hall–Kier alpha value is -3.63. The van der Waals surface area contributed by atoms with E-state index in [1.807, 2.05) is 24.1 Å². The van der Waals surface area contributed by atoms with Crippen molar-refractivity contribution >= 4 is 39.1 Å². The van der Waals surface area contributed by atoms with Gasteiger partial charge in [0.05, 0.1) is 37.7 Å². The Bertz CT molecular complexity index is 1290. The summed E-state index contributed by atoms with van der Waals surface area (Å²) in [6, 6.07) is 11.5. The molecule has 0 unspecified atom stereocenters. The molecule has 0 bridgehead atoms. The van der Waals surface area contributed by atoms with Gasteiger partial charge in [0.25, 0.3) is 0 Å². The number of nitrogens with zero attached hydrogens (tertiary/aromatic N) is 3. The Morgan fingerprint density at radius 1 is 1.18 bits per heavy atom. The summed E-state index contributed by atoms with van der Waals surface area (Å²) in [4.78, 5) is 32.5. The second-order valence-corrected chi connectivity index (χ2v) is 8.42. The number of thiophene rings is 1. The lowest BCUT2D eigenvalue weighted by Gasteiger charge is -2.14. The van der Waals surface area contributed by atoms with Gasteiger partial charge in [0.15, 0.2) is 5.76 Å². The average molecular weight is 469 g/mol. The fourth-order valence-electron chi connectivity index (χ4n) is 3.39. The van der Waals surface area contributed by atoms with Crippen molar-refractivity contribution in [3.8, 4) is 0 Å². The molecule has 0 atom stereocenters. The first kappa shape index (κ1) is 22.6. The second kappa shape index (κ2) is 9.88. The Morgan fingerprint density at radius 3 is 2.73 bits per heavy atom. The summed E-state index contributed by atoms with van der Waals surface area (Å²) in [6.45, 7) is 1.10. The average Bonchev–Trinajstić information content (AvgIpc) is 3.42. The molecule has 3 heterocycles. The number of anilines is 1. The molecule has 33 heavy (non-hydrogen) atoms. The van der Waals surface area contributed by atoms with Crippen LogP contribution in [0.1, 0.15) is 26.7 Å². The maximum atomic E-state index is 13.9. The lowest BCUT2D eigenvalue weighted by Crippen LogP contribution is -2.17. The van der Waals surface area contributed by atoms with Gasteiger partial charge in [-0.25, -0.2) is 14.2 Å². The highest BCUT2D eigenvalue weighted by Gasteiger charge is 2.22. The third kappa shape index (κ3) is 5.24. The number of hydrogen-bond acceptors (Lipinski definition) is 8. The number of amides is 1. The first-order chi connectivity index (χ1) is 15.9. The van der Waals surface area contributed by atoms with Gasteiger partial charge in [-0.1, -0.05) is 23.4 Å². The van der Waals surface area contributed by atoms with E-state index in [1.165, 1.54) is 13.2 Å². The van der Waals surface area contributed by atoms with Gasteiger partial charge in [-0.3, -0.25) is 9.69 Å². The zero-order valence-electron chi connectivity index (χ0n) is 18.0. The van der Waals surface area contributed by atoms with Crippen LogP contribution in [0.5, 0.6) is 0 Å². The van der Waals surface area contributed by atoms with E-state index in [0.717, 1.165) is 22.8 Å². The fourth-order valence-corrected chi connectivity index (χ4v) is 4.45. The minimum absolute atomic E-state index is 0.164. The van der Waals surface area contributed by atoms with E-state index < -0.39 is 17.7 Å². The van der Waals surface area contributed by atoms with Crippen LogP contribution in [0.15, 0.2) is 53.2 Å². The molecule has 3 aromatic heterocycles. The molecule has 0 radical (unpaired) electrons. The van der Waals surface area contributed by atoms with E-state index in [1.54, 1.807) is 30.5 Å². The first-order valence-electron chi connectivity index (χ1n) is 10.1. The summed E-state index contributed by atoms with van der Waals surface area (Å²) in [5.41, 5.74) is 1.37. The van der Waals surface area contributed by atoms with Crippen molar-refractivity contribution in [1.82, 2.24) is 15.0 Å². The molecule has 0 saturated carbocycles. The van der Waals surface area contributed by atoms with Crippen LogP contribution in [0.3, 0.4) is 0 Å². The number of nitrogens with one attached hydrogen (secondary N) is 1. The van der Waals surface area contributed by atoms with Crippen LogP contribution in [0.25, 0.3) is 10.2 Å². The number of benzene rings is 1. The third-order valence-electron chi connectivity index (χ3n) is 4.91. The van der Waals surface area contributed by atoms with E-state index >= 15 is 0 Å². The van der Waals surface area contributed by atoms with Gasteiger partial charge in [-0.2, -0.15) is 0 Å². The summed E-state index contributed by atoms with van der Waals surface area (Å²) in [5.74, 6) is -0.747. The summed E-state index contributed by atoms with van der Waals surface area (Å²) >= 11 is 1.13. The molecule has 0 aliphatic carbocycles. The zero-order valence-corrected chi connectivity index (χ0v) is 18.8. The van der Waals surface area contributed by atoms with E-state index in [-0.39, 0.29) is 16.9 Å². The predicted octanol–water partition coefficient (Wildman–Crippen LogP) is 4.02. The van der Waals surface area contributed by atoms with Crippen LogP contribution in [0, 0.1) is 5.82 Å². The molecular weight excluding hydrogens is 447 g/mol. The van der Waals surface area contributed by atoms with Gasteiger partial charge in [-0.05, 0) is 30.8 Å². The number of fused-ring (bicyclic) bond motifs is 1. The van der Waals surface area contributed by atoms with Crippen molar-refractivity contribution in [3.05, 3.63) is 76.4 Å². The monoisotopic (exact) mass is 468 g/mol. The predicted molar refractivity (Wildman–Crippen MR) is 121 cm³/mol. The highest BCUT2D eigenvalue weighted by Crippen LogP contribution is 2.35. The van der Waals surface area contributed by atoms with E-state index in [2.05, 4.69) is 15.5 Å². The highest BCUT2D eigenvalue weighted by atomic mass is 32.1. The summed E-state index contributed by atoms with van der Waals surface area (Å²) < 4.78 is 24.0. The largest absolute Gasteiger partial charge is 0.465 e. The number of esters is 1. The molecule has 4 rings (SSSR count). The molecule has 0 spiro atoms. The highest BCUT2D eigenvalue weighted by molar-refractivity contribution is 7.21. The van der Waals surface area contributed by atoms with Crippen molar-refractivity contribution in [2.24, 2.45) is 0 Å². The van der Waals surface area contributed by atoms with Crippen LogP contribution >= 0.6 is 11.3 Å². The molecule has 170 valence electrons. The van der Waals surface area contributed by atoms with Crippen LogP contribution < -0.4 is 5.32 Å². The van der Waals surface area contributed by atoms with Crippen LogP contribution in [0.4, 0.5) is 10.1 Å². The first-order valence-corrected chi connectivity index (χ1v) is 10.9. The quantitative estimate of drug-likeness (QED) is 0.390. The van der Waals surface area contributed by atoms with E-state index in [4.69, 9.17) is 9.26 Å². The van der Waals surface area contributed by atoms with Gasteiger partial charge in [-0.15, -0.1) is 11.3 Å². The number of hydrogen-bond donors (Lipinski definition) is 1. The fraction of sp³-hybridized carbons (Fsp3) is 0.217. The number of halogens is 1. The zero-order chi connectivity index (χ0) is 23.4. The van der Waals surface area contributed by atoms with Crippen molar-refractivity contribution in [1.29, 1.82) is 0 Å². The summed E-state index contributed by atoms with van der Waals surface area (Å²) in [7, 11) is 3.20. The van der Waals surface area contributed by atoms with Gasteiger partial charge < -0.3 is 14.6 Å². The number of pyridine rings is 1. The summed E-state index contributed by atoms with van der Waals surface area (Å²) in [5, 5.41) is 7.06. The molecule has 8 nitrogen and oxygen atoms in total.